The highest BCUT2D eigenvalue weighted by atomic mass is 16.5. The van der Waals surface area contributed by atoms with Crippen molar-refractivity contribution in [3.63, 3.8) is 0 Å². The lowest BCUT2D eigenvalue weighted by Gasteiger charge is -2.21. The van der Waals surface area contributed by atoms with Crippen molar-refractivity contribution in [1.29, 1.82) is 0 Å². The number of nitrogens with one attached hydrogen (secondary N) is 2. The molecule has 0 aromatic heterocycles. The summed E-state index contributed by atoms with van der Waals surface area (Å²) in [4.78, 5) is 22.7. The Kier molecular flexibility index (Phi) is 6.80. The minimum Gasteiger partial charge on any atom is -0.469 e. The Hall–Kier alpha value is -1.10. The molecule has 0 bridgehead atoms. The molecule has 0 aromatic carbocycles. The molecule has 0 radical (unpaired) electrons. The van der Waals surface area contributed by atoms with Gasteiger partial charge in [0.2, 0.25) is 5.91 Å². The second-order valence-corrected chi connectivity index (χ2v) is 5.18. The number of rotatable bonds is 7. The van der Waals surface area contributed by atoms with Crippen LogP contribution in [-0.2, 0) is 14.3 Å². The summed E-state index contributed by atoms with van der Waals surface area (Å²) in [5.41, 5.74) is -0.618. The topological polar surface area (TPSA) is 67.4 Å². The number of amides is 1. The Bertz CT molecular complexity index is 262. The van der Waals surface area contributed by atoms with Gasteiger partial charge in [-0.25, -0.2) is 0 Å². The van der Waals surface area contributed by atoms with Crippen molar-refractivity contribution in [3.05, 3.63) is 0 Å². The number of hydrogen-bond donors (Lipinski definition) is 2. The number of carbonyl (C=O) groups excluding carboxylic acids is 2. The zero-order valence-electron chi connectivity index (χ0n) is 11.4. The zero-order valence-corrected chi connectivity index (χ0v) is 11.4. The fourth-order valence-corrected chi connectivity index (χ4v) is 1.22. The second kappa shape index (κ2) is 7.27. The Balaban J connectivity index is 3.83. The van der Waals surface area contributed by atoms with E-state index < -0.39 is 5.41 Å². The Morgan fingerprint density at radius 3 is 2.35 bits per heavy atom. The quantitative estimate of drug-likeness (QED) is 0.642. The molecule has 0 heterocycles. The van der Waals surface area contributed by atoms with Gasteiger partial charge in [0.05, 0.1) is 19.1 Å². The molecule has 5 nitrogen and oxygen atoms in total. The third kappa shape index (κ3) is 6.94. The van der Waals surface area contributed by atoms with Crippen molar-refractivity contribution in [2.24, 2.45) is 11.3 Å². The molecular formula is C12H24N2O3. The van der Waals surface area contributed by atoms with Gasteiger partial charge in [0, 0.05) is 13.1 Å². The van der Waals surface area contributed by atoms with Gasteiger partial charge in [-0.3, -0.25) is 9.59 Å². The standard InChI is InChI=1S/C12H24N2O3/c1-9(2)6-14-10(15)7-13-8-12(3,4)11(16)17-5/h9,13H,6-8H2,1-5H3,(H,14,15). The van der Waals surface area contributed by atoms with E-state index in [4.69, 9.17) is 0 Å². The Labute approximate surface area is 103 Å². The number of hydrogen-bond acceptors (Lipinski definition) is 4. The van der Waals surface area contributed by atoms with Crippen molar-refractivity contribution >= 4 is 11.9 Å². The van der Waals surface area contributed by atoms with Crippen LogP contribution < -0.4 is 10.6 Å². The number of methoxy groups -OCH3 is 1. The van der Waals surface area contributed by atoms with E-state index in [-0.39, 0.29) is 18.4 Å². The molecular weight excluding hydrogens is 220 g/mol. The van der Waals surface area contributed by atoms with Gasteiger partial charge in [-0.15, -0.1) is 0 Å². The van der Waals surface area contributed by atoms with E-state index >= 15 is 0 Å². The molecule has 5 heteroatoms. The van der Waals surface area contributed by atoms with Crippen LogP contribution >= 0.6 is 0 Å². The first kappa shape index (κ1) is 15.9. The van der Waals surface area contributed by atoms with E-state index in [1.54, 1.807) is 13.8 Å². The van der Waals surface area contributed by atoms with Crippen molar-refractivity contribution in [2.45, 2.75) is 27.7 Å². The lowest BCUT2D eigenvalue weighted by Crippen LogP contribution is -2.42. The maximum absolute atomic E-state index is 11.4. The fourth-order valence-electron chi connectivity index (χ4n) is 1.22. The van der Waals surface area contributed by atoms with Crippen molar-refractivity contribution in [2.75, 3.05) is 26.7 Å². The largest absolute Gasteiger partial charge is 0.469 e. The molecule has 0 fully saturated rings. The van der Waals surface area contributed by atoms with Gasteiger partial charge in [0.1, 0.15) is 0 Å². The molecule has 0 spiro atoms. The van der Waals surface area contributed by atoms with Gasteiger partial charge < -0.3 is 15.4 Å². The van der Waals surface area contributed by atoms with Crippen LogP contribution in [-0.4, -0.2) is 38.6 Å². The van der Waals surface area contributed by atoms with Gasteiger partial charge >= 0.3 is 5.97 Å². The molecule has 100 valence electrons. The normalized spacial score (nSPS) is 11.4. The predicted octanol–water partition coefficient (Wildman–Crippen LogP) is 0.547. The van der Waals surface area contributed by atoms with E-state index in [1.165, 1.54) is 7.11 Å². The van der Waals surface area contributed by atoms with Crippen LogP contribution in [0.2, 0.25) is 0 Å². The molecule has 17 heavy (non-hydrogen) atoms. The van der Waals surface area contributed by atoms with Gasteiger partial charge in [-0.05, 0) is 19.8 Å². The van der Waals surface area contributed by atoms with Crippen molar-refractivity contribution < 1.29 is 14.3 Å². The molecule has 0 unspecified atom stereocenters. The van der Waals surface area contributed by atoms with Crippen LogP contribution in [0.5, 0.6) is 0 Å². The summed E-state index contributed by atoms with van der Waals surface area (Å²) in [5, 5.41) is 5.75. The number of ether oxygens (including phenoxy) is 1. The Morgan fingerprint density at radius 2 is 1.88 bits per heavy atom. The summed E-state index contributed by atoms with van der Waals surface area (Å²) in [6.07, 6.45) is 0. The third-order valence-corrected chi connectivity index (χ3v) is 2.30. The second-order valence-electron chi connectivity index (χ2n) is 5.18. The van der Waals surface area contributed by atoms with E-state index in [2.05, 4.69) is 15.4 Å². The van der Waals surface area contributed by atoms with E-state index in [9.17, 15) is 9.59 Å². The third-order valence-electron chi connectivity index (χ3n) is 2.30. The molecule has 1 amide bonds. The first-order valence-electron chi connectivity index (χ1n) is 5.85. The zero-order chi connectivity index (χ0) is 13.5. The molecule has 0 rings (SSSR count). The van der Waals surface area contributed by atoms with Gasteiger partial charge in [0.15, 0.2) is 0 Å². The van der Waals surface area contributed by atoms with Crippen LogP contribution in [0, 0.1) is 11.3 Å². The fraction of sp³-hybridized carbons (Fsp3) is 0.833. The lowest BCUT2D eigenvalue weighted by atomic mass is 9.94. The van der Waals surface area contributed by atoms with Crippen LogP contribution in [0.4, 0.5) is 0 Å². The maximum atomic E-state index is 11.4. The lowest BCUT2D eigenvalue weighted by molar-refractivity contribution is -0.150. The van der Waals surface area contributed by atoms with Crippen molar-refractivity contribution in [1.82, 2.24) is 10.6 Å². The highest BCUT2D eigenvalue weighted by molar-refractivity contribution is 5.78. The smallest absolute Gasteiger partial charge is 0.312 e. The molecule has 0 aliphatic rings. The van der Waals surface area contributed by atoms with Crippen LogP contribution in [0.1, 0.15) is 27.7 Å². The minimum atomic E-state index is -0.618. The van der Waals surface area contributed by atoms with Gasteiger partial charge in [0.25, 0.3) is 0 Å². The van der Waals surface area contributed by atoms with Crippen LogP contribution in [0.3, 0.4) is 0 Å². The van der Waals surface area contributed by atoms with Gasteiger partial charge in [-0.2, -0.15) is 0 Å². The van der Waals surface area contributed by atoms with E-state index in [0.717, 1.165) is 0 Å². The summed E-state index contributed by atoms with van der Waals surface area (Å²) in [5.74, 6) is 0.0948. The molecule has 0 aliphatic carbocycles. The molecule has 0 saturated carbocycles. The number of carbonyl (C=O) groups is 2. The highest BCUT2D eigenvalue weighted by Gasteiger charge is 2.28. The predicted molar refractivity (Wildman–Crippen MR) is 66.5 cm³/mol. The molecule has 0 saturated heterocycles. The average molecular weight is 244 g/mol. The molecule has 0 aliphatic heterocycles. The SMILES string of the molecule is COC(=O)C(C)(C)CNCC(=O)NCC(C)C. The highest BCUT2D eigenvalue weighted by Crippen LogP contribution is 2.14. The molecule has 0 atom stereocenters. The molecule has 2 N–H and O–H groups in total. The summed E-state index contributed by atoms with van der Waals surface area (Å²) >= 11 is 0. The summed E-state index contributed by atoms with van der Waals surface area (Å²) in [6.45, 7) is 8.92. The van der Waals surface area contributed by atoms with E-state index in [1.807, 2.05) is 13.8 Å². The van der Waals surface area contributed by atoms with Gasteiger partial charge in [-0.1, -0.05) is 13.8 Å². The van der Waals surface area contributed by atoms with E-state index in [0.29, 0.717) is 19.0 Å². The average Bonchev–Trinajstić information content (AvgIpc) is 2.24. The molecule has 0 aromatic rings. The summed E-state index contributed by atoms with van der Waals surface area (Å²) in [7, 11) is 1.36. The minimum absolute atomic E-state index is 0.0561. The Morgan fingerprint density at radius 1 is 1.29 bits per heavy atom. The summed E-state index contributed by atoms with van der Waals surface area (Å²) < 4.78 is 4.67. The first-order valence-corrected chi connectivity index (χ1v) is 5.85. The van der Waals surface area contributed by atoms with Crippen LogP contribution in [0.25, 0.3) is 0 Å². The van der Waals surface area contributed by atoms with Crippen molar-refractivity contribution in [3.8, 4) is 0 Å². The number of esters is 1. The maximum Gasteiger partial charge on any atom is 0.312 e. The van der Waals surface area contributed by atoms with Crippen LogP contribution in [0.15, 0.2) is 0 Å². The summed E-state index contributed by atoms with van der Waals surface area (Å²) in [6, 6.07) is 0. The monoisotopic (exact) mass is 244 g/mol. The first-order chi connectivity index (χ1) is 7.79.